The van der Waals surface area contributed by atoms with Crippen LogP contribution in [0.15, 0.2) is 30.5 Å². The van der Waals surface area contributed by atoms with Crippen molar-refractivity contribution < 1.29 is 4.79 Å². The zero-order valence-electron chi connectivity index (χ0n) is 9.72. The molecular formula is C13H13ClN2O. The Bertz CT molecular complexity index is 546. The van der Waals surface area contributed by atoms with Crippen LogP contribution in [0.2, 0.25) is 5.02 Å². The zero-order valence-corrected chi connectivity index (χ0v) is 10.5. The standard InChI is InChI=1S/C13H13ClN2O/c1-9(2)16-13(11(8-17)7-15-16)10-4-3-5-12(14)6-10/h3-9H,1-2H3. The summed E-state index contributed by atoms with van der Waals surface area (Å²) in [6.07, 6.45) is 2.41. The predicted octanol–water partition coefficient (Wildman–Crippen LogP) is 3.60. The minimum Gasteiger partial charge on any atom is -0.298 e. The number of benzene rings is 1. The summed E-state index contributed by atoms with van der Waals surface area (Å²) < 4.78 is 1.83. The van der Waals surface area contributed by atoms with Crippen LogP contribution in [0.25, 0.3) is 11.3 Å². The summed E-state index contributed by atoms with van der Waals surface area (Å²) in [6.45, 7) is 4.05. The maximum absolute atomic E-state index is 11.0. The molecule has 0 atom stereocenters. The molecule has 0 saturated heterocycles. The first-order valence-corrected chi connectivity index (χ1v) is 5.80. The van der Waals surface area contributed by atoms with E-state index in [1.54, 1.807) is 6.20 Å². The van der Waals surface area contributed by atoms with E-state index < -0.39 is 0 Å². The number of aromatic nitrogens is 2. The molecule has 1 heterocycles. The van der Waals surface area contributed by atoms with Gasteiger partial charge in [0.25, 0.3) is 0 Å². The Morgan fingerprint density at radius 3 is 2.76 bits per heavy atom. The van der Waals surface area contributed by atoms with Gasteiger partial charge < -0.3 is 0 Å². The highest BCUT2D eigenvalue weighted by Crippen LogP contribution is 2.27. The molecule has 0 saturated carbocycles. The van der Waals surface area contributed by atoms with Crippen LogP contribution >= 0.6 is 11.6 Å². The minimum absolute atomic E-state index is 0.192. The third kappa shape index (κ3) is 2.24. The Labute approximate surface area is 105 Å². The average Bonchev–Trinajstić information content (AvgIpc) is 2.72. The van der Waals surface area contributed by atoms with E-state index >= 15 is 0 Å². The Morgan fingerprint density at radius 2 is 2.18 bits per heavy atom. The van der Waals surface area contributed by atoms with E-state index in [1.165, 1.54) is 0 Å². The van der Waals surface area contributed by atoms with Gasteiger partial charge >= 0.3 is 0 Å². The number of halogens is 1. The van der Waals surface area contributed by atoms with Crippen LogP contribution in [-0.2, 0) is 0 Å². The highest BCUT2D eigenvalue weighted by molar-refractivity contribution is 6.30. The van der Waals surface area contributed by atoms with Gasteiger partial charge in [-0.2, -0.15) is 5.10 Å². The number of aldehydes is 1. The van der Waals surface area contributed by atoms with Crippen LogP contribution in [-0.4, -0.2) is 16.1 Å². The minimum atomic E-state index is 0.192. The van der Waals surface area contributed by atoms with Gasteiger partial charge in [0.2, 0.25) is 0 Å². The molecule has 0 N–H and O–H groups in total. The molecule has 1 aromatic heterocycles. The van der Waals surface area contributed by atoms with Crippen molar-refractivity contribution in [3.8, 4) is 11.3 Å². The molecular weight excluding hydrogens is 236 g/mol. The molecule has 2 aromatic rings. The van der Waals surface area contributed by atoms with Gasteiger partial charge in [-0.15, -0.1) is 0 Å². The number of hydrogen-bond donors (Lipinski definition) is 0. The van der Waals surface area contributed by atoms with E-state index in [1.807, 2.05) is 42.8 Å². The van der Waals surface area contributed by atoms with Crippen LogP contribution in [0, 0.1) is 0 Å². The van der Waals surface area contributed by atoms with E-state index in [2.05, 4.69) is 5.10 Å². The number of rotatable bonds is 3. The number of hydrogen-bond acceptors (Lipinski definition) is 2. The first-order valence-electron chi connectivity index (χ1n) is 5.42. The molecule has 0 amide bonds. The topological polar surface area (TPSA) is 34.9 Å². The second-order valence-electron chi connectivity index (χ2n) is 4.12. The van der Waals surface area contributed by atoms with Crippen molar-refractivity contribution in [2.75, 3.05) is 0 Å². The maximum atomic E-state index is 11.0. The molecule has 0 spiro atoms. The Hall–Kier alpha value is -1.61. The van der Waals surface area contributed by atoms with Crippen LogP contribution in [0.3, 0.4) is 0 Å². The van der Waals surface area contributed by atoms with Gasteiger partial charge in [0.15, 0.2) is 6.29 Å². The second-order valence-corrected chi connectivity index (χ2v) is 4.55. The van der Waals surface area contributed by atoms with Crippen molar-refractivity contribution in [3.63, 3.8) is 0 Å². The molecule has 0 fully saturated rings. The van der Waals surface area contributed by atoms with Gasteiger partial charge in [-0.1, -0.05) is 23.7 Å². The predicted molar refractivity (Wildman–Crippen MR) is 68.4 cm³/mol. The molecule has 0 unspecified atom stereocenters. The first-order chi connectivity index (χ1) is 8.13. The van der Waals surface area contributed by atoms with Crippen molar-refractivity contribution in [2.45, 2.75) is 19.9 Å². The average molecular weight is 249 g/mol. The Kier molecular flexibility index (Phi) is 3.29. The molecule has 0 aliphatic rings. The van der Waals surface area contributed by atoms with E-state index in [-0.39, 0.29) is 6.04 Å². The van der Waals surface area contributed by atoms with Gasteiger partial charge in [0.05, 0.1) is 17.5 Å². The normalized spacial score (nSPS) is 10.8. The SMILES string of the molecule is CC(C)n1ncc(C=O)c1-c1cccc(Cl)c1. The van der Waals surface area contributed by atoms with Gasteiger partial charge in [0, 0.05) is 16.6 Å². The lowest BCUT2D eigenvalue weighted by molar-refractivity contribution is 0.112. The molecule has 0 aliphatic heterocycles. The molecule has 17 heavy (non-hydrogen) atoms. The second kappa shape index (κ2) is 4.72. The first kappa shape index (κ1) is 11.9. The fraction of sp³-hybridized carbons (Fsp3) is 0.231. The molecule has 0 radical (unpaired) electrons. The van der Waals surface area contributed by atoms with Crippen molar-refractivity contribution in [1.29, 1.82) is 0 Å². The van der Waals surface area contributed by atoms with Crippen LogP contribution in [0.4, 0.5) is 0 Å². The third-order valence-electron chi connectivity index (χ3n) is 2.54. The van der Waals surface area contributed by atoms with Crippen LogP contribution < -0.4 is 0 Å². The summed E-state index contributed by atoms with van der Waals surface area (Å²) in [7, 11) is 0. The van der Waals surface area contributed by atoms with Crippen molar-refractivity contribution >= 4 is 17.9 Å². The number of carbonyl (C=O) groups excluding carboxylic acids is 1. The Morgan fingerprint density at radius 1 is 1.41 bits per heavy atom. The number of carbonyl (C=O) groups is 1. The summed E-state index contributed by atoms with van der Waals surface area (Å²) >= 11 is 5.97. The Balaban J connectivity index is 2.64. The van der Waals surface area contributed by atoms with Crippen molar-refractivity contribution in [1.82, 2.24) is 9.78 Å². The molecule has 2 rings (SSSR count). The highest BCUT2D eigenvalue weighted by atomic mass is 35.5. The zero-order chi connectivity index (χ0) is 12.4. The van der Waals surface area contributed by atoms with E-state index in [0.29, 0.717) is 10.6 Å². The van der Waals surface area contributed by atoms with E-state index in [0.717, 1.165) is 17.5 Å². The molecule has 0 bridgehead atoms. The van der Waals surface area contributed by atoms with Gasteiger partial charge in [0.1, 0.15) is 0 Å². The number of nitrogens with zero attached hydrogens (tertiary/aromatic N) is 2. The summed E-state index contributed by atoms with van der Waals surface area (Å²) in [5, 5.41) is 4.88. The quantitative estimate of drug-likeness (QED) is 0.778. The van der Waals surface area contributed by atoms with Gasteiger partial charge in [-0.05, 0) is 26.0 Å². The highest BCUT2D eigenvalue weighted by Gasteiger charge is 2.14. The van der Waals surface area contributed by atoms with Crippen LogP contribution in [0.5, 0.6) is 0 Å². The van der Waals surface area contributed by atoms with E-state index in [9.17, 15) is 4.79 Å². The fourth-order valence-electron chi connectivity index (χ4n) is 1.79. The van der Waals surface area contributed by atoms with Gasteiger partial charge in [-0.25, -0.2) is 0 Å². The van der Waals surface area contributed by atoms with Crippen LogP contribution in [0.1, 0.15) is 30.2 Å². The third-order valence-corrected chi connectivity index (χ3v) is 2.77. The molecule has 3 nitrogen and oxygen atoms in total. The van der Waals surface area contributed by atoms with E-state index in [4.69, 9.17) is 11.6 Å². The summed E-state index contributed by atoms with van der Waals surface area (Å²) in [4.78, 5) is 11.0. The van der Waals surface area contributed by atoms with Crippen molar-refractivity contribution in [2.24, 2.45) is 0 Å². The lowest BCUT2D eigenvalue weighted by Gasteiger charge is -2.11. The largest absolute Gasteiger partial charge is 0.298 e. The summed E-state index contributed by atoms with van der Waals surface area (Å²) in [6, 6.07) is 7.63. The molecule has 88 valence electrons. The summed E-state index contributed by atoms with van der Waals surface area (Å²) in [5.41, 5.74) is 2.31. The molecule has 4 heteroatoms. The fourth-order valence-corrected chi connectivity index (χ4v) is 1.98. The smallest absolute Gasteiger partial charge is 0.153 e. The molecule has 0 aliphatic carbocycles. The maximum Gasteiger partial charge on any atom is 0.153 e. The van der Waals surface area contributed by atoms with Gasteiger partial charge in [-0.3, -0.25) is 9.48 Å². The summed E-state index contributed by atoms with van der Waals surface area (Å²) in [5.74, 6) is 0. The molecule has 1 aromatic carbocycles. The lowest BCUT2D eigenvalue weighted by atomic mass is 10.1. The monoisotopic (exact) mass is 248 g/mol. The lowest BCUT2D eigenvalue weighted by Crippen LogP contribution is -2.05. The van der Waals surface area contributed by atoms with Crippen molar-refractivity contribution in [3.05, 3.63) is 41.0 Å².